The van der Waals surface area contributed by atoms with Gasteiger partial charge in [-0.05, 0) is 70.6 Å². The van der Waals surface area contributed by atoms with Crippen LogP contribution in [0.5, 0.6) is 0 Å². The van der Waals surface area contributed by atoms with Gasteiger partial charge in [0.15, 0.2) is 0 Å². The molecule has 0 bridgehead atoms. The summed E-state index contributed by atoms with van der Waals surface area (Å²) in [6.45, 7) is 4.64. The number of nitrogens with one attached hydrogen (secondary N) is 1. The number of allylic oxidation sites excluding steroid dienone is 7. The number of phosphoric acid groups is 1. The molecule has 0 fully saturated rings. The fourth-order valence-corrected chi connectivity index (χ4v) is 8.79. The highest BCUT2D eigenvalue weighted by Crippen LogP contribution is 2.38. The van der Waals surface area contributed by atoms with Crippen molar-refractivity contribution in [2.24, 2.45) is 0 Å². The van der Waals surface area contributed by atoms with E-state index in [2.05, 4.69) is 55.6 Å². The van der Waals surface area contributed by atoms with Crippen LogP contribution in [0.1, 0.15) is 258 Å². The Kier molecular flexibility index (Phi) is 47.4. The van der Waals surface area contributed by atoms with E-state index in [1.54, 1.807) is 6.08 Å². The number of nitrogens with zero attached hydrogens (tertiary/aromatic N) is 1. The maximum absolute atomic E-state index is 12.9. The second kappa shape index (κ2) is 48.5. The zero-order valence-corrected chi connectivity index (χ0v) is 45.0. The molecule has 0 aliphatic carbocycles. The van der Waals surface area contributed by atoms with E-state index >= 15 is 0 Å². The first-order valence-electron chi connectivity index (χ1n) is 28.0. The number of unbranched alkanes of at least 4 members (excludes halogenated alkanes) is 32. The predicted molar refractivity (Wildman–Crippen MR) is 284 cm³/mol. The molecule has 0 aromatic carbocycles. The molecule has 8 nitrogen and oxygen atoms in total. The minimum atomic E-state index is -4.61. The number of carbonyl (C=O) groups is 1. The normalized spacial score (nSPS) is 14.3. The lowest BCUT2D eigenvalue weighted by molar-refractivity contribution is -0.870. The lowest BCUT2D eigenvalue weighted by Crippen LogP contribution is -2.45. The van der Waals surface area contributed by atoms with E-state index in [9.17, 15) is 19.4 Å². The summed E-state index contributed by atoms with van der Waals surface area (Å²) in [6.07, 6.45) is 63.3. The smallest absolute Gasteiger partial charge is 0.268 e. The van der Waals surface area contributed by atoms with Gasteiger partial charge in [-0.1, -0.05) is 229 Å². The predicted octanol–water partition coefficient (Wildman–Crippen LogP) is 16.1. The van der Waals surface area contributed by atoms with Crippen molar-refractivity contribution in [3.63, 3.8) is 0 Å². The van der Waals surface area contributed by atoms with Crippen molar-refractivity contribution >= 4 is 13.7 Å². The lowest BCUT2D eigenvalue weighted by atomic mass is 10.0. The van der Waals surface area contributed by atoms with E-state index in [0.29, 0.717) is 17.4 Å². The first-order valence-corrected chi connectivity index (χ1v) is 29.5. The summed E-state index contributed by atoms with van der Waals surface area (Å²) in [5.74, 6) is -0.214. The zero-order chi connectivity index (χ0) is 48.5. The molecule has 0 spiro atoms. The van der Waals surface area contributed by atoms with Gasteiger partial charge in [0.1, 0.15) is 13.2 Å². The van der Waals surface area contributed by atoms with E-state index in [4.69, 9.17) is 9.05 Å². The Morgan fingerprint density at radius 3 is 1.23 bits per heavy atom. The quantitative estimate of drug-likeness (QED) is 0.0272. The van der Waals surface area contributed by atoms with Gasteiger partial charge in [0.05, 0.1) is 39.9 Å². The molecule has 0 aromatic rings. The topological polar surface area (TPSA) is 108 Å². The summed E-state index contributed by atoms with van der Waals surface area (Å²) in [5, 5.41) is 13.8. The van der Waals surface area contributed by atoms with Crippen LogP contribution in [0.25, 0.3) is 0 Å². The Morgan fingerprint density at radius 1 is 0.515 bits per heavy atom. The summed E-state index contributed by atoms with van der Waals surface area (Å²) < 4.78 is 23.3. The summed E-state index contributed by atoms with van der Waals surface area (Å²) in [5.41, 5.74) is 0. The van der Waals surface area contributed by atoms with E-state index in [1.807, 2.05) is 27.2 Å². The molecule has 0 saturated carbocycles. The van der Waals surface area contributed by atoms with Crippen LogP contribution in [0, 0.1) is 0 Å². The number of amides is 1. The summed E-state index contributed by atoms with van der Waals surface area (Å²) in [7, 11) is 1.23. The Morgan fingerprint density at radius 2 is 0.848 bits per heavy atom. The number of phosphoric ester groups is 1. The molecule has 0 saturated heterocycles. The lowest BCUT2D eigenvalue weighted by Gasteiger charge is -2.29. The van der Waals surface area contributed by atoms with Crippen molar-refractivity contribution in [3.05, 3.63) is 48.6 Å². The number of hydrogen-bond acceptors (Lipinski definition) is 6. The fourth-order valence-electron chi connectivity index (χ4n) is 8.06. The maximum Gasteiger partial charge on any atom is 0.268 e. The van der Waals surface area contributed by atoms with Gasteiger partial charge >= 0.3 is 0 Å². The number of aliphatic hydroxyl groups excluding tert-OH is 1. The van der Waals surface area contributed by atoms with Crippen LogP contribution in [0.4, 0.5) is 0 Å². The number of aliphatic hydroxyl groups is 1. The van der Waals surface area contributed by atoms with Crippen LogP contribution in [0.2, 0.25) is 0 Å². The van der Waals surface area contributed by atoms with Gasteiger partial charge in [0, 0.05) is 6.42 Å². The minimum Gasteiger partial charge on any atom is -0.756 e. The molecule has 388 valence electrons. The summed E-state index contributed by atoms with van der Waals surface area (Å²) >= 11 is 0. The van der Waals surface area contributed by atoms with Gasteiger partial charge in [0.25, 0.3) is 7.82 Å². The fraction of sp³-hybridized carbons (Fsp3) is 0.842. The number of hydrogen-bond donors (Lipinski definition) is 2. The van der Waals surface area contributed by atoms with E-state index in [-0.39, 0.29) is 12.5 Å². The van der Waals surface area contributed by atoms with Crippen LogP contribution in [0.15, 0.2) is 48.6 Å². The summed E-state index contributed by atoms with van der Waals surface area (Å²) in [6, 6.07) is -0.913. The van der Waals surface area contributed by atoms with Gasteiger partial charge in [-0.2, -0.15) is 0 Å². The highest BCUT2D eigenvalue weighted by atomic mass is 31.2. The van der Waals surface area contributed by atoms with Crippen LogP contribution >= 0.6 is 7.82 Å². The second-order valence-electron chi connectivity index (χ2n) is 20.3. The van der Waals surface area contributed by atoms with Crippen LogP contribution in [-0.4, -0.2) is 68.5 Å². The Bertz CT molecular complexity index is 1210. The average Bonchev–Trinajstić information content (AvgIpc) is 3.28. The number of carbonyl (C=O) groups excluding carboxylic acids is 1. The van der Waals surface area contributed by atoms with Crippen LogP contribution in [0.3, 0.4) is 0 Å². The van der Waals surface area contributed by atoms with Crippen molar-refractivity contribution in [2.75, 3.05) is 40.9 Å². The molecule has 0 aliphatic rings. The van der Waals surface area contributed by atoms with Crippen molar-refractivity contribution < 1.29 is 32.9 Å². The third-order valence-electron chi connectivity index (χ3n) is 12.5. The van der Waals surface area contributed by atoms with Gasteiger partial charge in [-0.25, -0.2) is 0 Å². The van der Waals surface area contributed by atoms with Crippen molar-refractivity contribution in [1.29, 1.82) is 0 Å². The molecule has 9 heteroatoms. The Labute approximate surface area is 409 Å². The molecule has 0 rings (SSSR count). The zero-order valence-electron chi connectivity index (χ0n) is 44.1. The molecule has 0 heterocycles. The molecule has 3 unspecified atom stereocenters. The minimum absolute atomic E-state index is 0.0103. The number of rotatable bonds is 51. The molecular weight excluding hydrogens is 840 g/mol. The van der Waals surface area contributed by atoms with E-state index in [0.717, 1.165) is 44.9 Å². The number of quaternary nitrogens is 1. The van der Waals surface area contributed by atoms with Gasteiger partial charge in [-0.3, -0.25) is 9.36 Å². The summed E-state index contributed by atoms with van der Waals surface area (Å²) in [4.78, 5) is 25.5. The molecule has 66 heavy (non-hydrogen) atoms. The third-order valence-corrected chi connectivity index (χ3v) is 13.5. The molecule has 0 aliphatic heterocycles. The Hall–Kier alpha value is -1.54. The van der Waals surface area contributed by atoms with Crippen molar-refractivity contribution in [1.82, 2.24) is 5.32 Å². The average molecular weight is 949 g/mol. The van der Waals surface area contributed by atoms with Gasteiger partial charge in [0.2, 0.25) is 5.91 Å². The first-order chi connectivity index (χ1) is 32.0. The molecule has 0 radical (unpaired) electrons. The second-order valence-corrected chi connectivity index (χ2v) is 21.7. The van der Waals surface area contributed by atoms with Crippen LogP contribution in [-0.2, 0) is 18.4 Å². The Balaban J connectivity index is 4.32. The molecular formula is C57H109N2O6P. The van der Waals surface area contributed by atoms with Gasteiger partial charge < -0.3 is 28.8 Å². The van der Waals surface area contributed by atoms with Crippen LogP contribution < -0.4 is 10.2 Å². The van der Waals surface area contributed by atoms with Crippen molar-refractivity contribution in [3.8, 4) is 0 Å². The number of likely N-dealkylation sites (N-methyl/N-ethyl adjacent to an activating group) is 1. The van der Waals surface area contributed by atoms with Gasteiger partial charge in [-0.15, -0.1) is 0 Å². The largest absolute Gasteiger partial charge is 0.756 e. The molecule has 2 N–H and O–H groups in total. The molecule has 0 aromatic heterocycles. The monoisotopic (exact) mass is 949 g/mol. The van der Waals surface area contributed by atoms with E-state index < -0.39 is 26.6 Å². The van der Waals surface area contributed by atoms with Crippen molar-refractivity contribution in [2.45, 2.75) is 270 Å². The highest BCUT2D eigenvalue weighted by Gasteiger charge is 2.23. The standard InChI is InChI=1S/C57H109N2O6P/c1-6-8-10-12-14-16-18-20-22-24-26-28-29-31-33-35-37-39-41-43-45-47-49-51-57(61)58-55(54-65-66(62,63)64-53-52-59(3,4)5)56(60)50-48-46-44-42-40-38-36-34-32-30-27-25-23-21-19-17-15-13-11-9-7-2/h31-34,40,42,48,50,55-56,60H,6-30,35-39,41,43-47,49,51-54H2,1-5H3,(H-,58,61,62,63)/b33-31-,34-32+,42-40+,50-48+. The first kappa shape index (κ1) is 64.5. The maximum atomic E-state index is 12.9. The van der Waals surface area contributed by atoms with E-state index in [1.165, 1.54) is 193 Å². The highest BCUT2D eigenvalue weighted by molar-refractivity contribution is 7.45. The molecule has 3 atom stereocenters. The SMILES string of the molecule is CCCCCCCCCCCCC/C=C/CC/C=C/CC/C=C/C(O)C(COP(=O)([O-])OCC[N+](C)(C)C)NC(=O)CCCCCCCCC/C=C\CCCCCCCCCCCCCC. The third kappa shape index (κ3) is 50.3. The molecule has 1 amide bonds.